The van der Waals surface area contributed by atoms with Gasteiger partial charge in [0.2, 0.25) is 5.28 Å². The standard InChI is InChI=1S/C8H4Cl2N4OS/c9-5-1-6(14-8(10)12-5)13-7(15)4-2-16-3-11-4/h1-3H,(H,12,13,14,15). The molecule has 5 nitrogen and oxygen atoms in total. The maximum atomic E-state index is 11.6. The number of carbonyl (C=O) groups is 1. The third-order valence-corrected chi connectivity index (χ3v) is 2.52. The molecule has 2 aromatic rings. The molecule has 1 amide bonds. The quantitative estimate of drug-likeness (QED) is 0.675. The summed E-state index contributed by atoms with van der Waals surface area (Å²) in [6.45, 7) is 0. The summed E-state index contributed by atoms with van der Waals surface area (Å²) in [7, 11) is 0. The van der Waals surface area contributed by atoms with Gasteiger partial charge in [-0.1, -0.05) is 11.6 Å². The molecule has 0 aromatic carbocycles. The minimum Gasteiger partial charge on any atom is -0.305 e. The van der Waals surface area contributed by atoms with Crippen LogP contribution in [-0.4, -0.2) is 20.9 Å². The van der Waals surface area contributed by atoms with Crippen LogP contribution < -0.4 is 5.32 Å². The van der Waals surface area contributed by atoms with E-state index in [1.54, 1.807) is 10.9 Å². The van der Waals surface area contributed by atoms with E-state index in [4.69, 9.17) is 23.2 Å². The molecular weight excluding hydrogens is 271 g/mol. The molecule has 2 heterocycles. The molecule has 0 saturated carbocycles. The van der Waals surface area contributed by atoms with Crippen molar-refractivity contribution in [3.63, 3.8) is 0 Å². The fourth-order valence-electron chi connectivity index (χ4n) is 0.959. The van der Waals surface area contributed by atoms with E-state index < -0.39 is 0 Å². The number of halogens is 2. The lowest BCUT2D eigenvalue weighted by Gasteiger charge is -2.02. The van der Waals surface area contributed by atoms with Crippen LogP contribution in [0.4, 0.5) is 5.82 Å². The van der Waals surface area contributed by atoms with Crippen molar-refractivity contribution < 1.29 is 4.79 Å². The number of aromatic nitrogens is 3. The number of nitrogens with one attached hydrogen (secondary N) is 1. The van der Waals surface area contributed by atoms with E-state index in [0.29, 0.717) is 5.69 Å². The fourth-order valence-corrected chi connectivity index (χ4v) is 1.90. The van der Waals surface area contributed by atoms with Crippen molar-refractivity contribution in [3.8, 4) is 0 Å². The van der Waals surface area contributed by atoms with Crippen molar-refractivity contribution in [2.75, 3.05) is 5.32 Å². The highest BCUT2D eigenvalue weighted by Gasteiger charge is 2.09. The SMILES string of the molecule is O=C(Nc1cc(Cl)nc(Cl)n1)c1cscn1. The summed E-state index contributed by atoms with van der Waals surface area (Å²) in [5.41, 5.74) is 1.88. The molecule has 2 rings (SSSR count). The molecule has 16 heavy (non-hydrogen) atoms. The van der Waals surface area contributed by atoms with Crippen molar-refractivity contribution in [2.24, 2.45) is 0 Å². The summed E-state index contributed by atoms with van der Waals surface area (Å²) >= 11 is 12.6. The van der Waals surface area contributed by atoms with Crippen LogP contribution in [0, 0.1) is 0 Å². The Morgan fingerprint density at radius 2 is 2.19 bits per heavy atom. The van der Waals surface area contributed by atoms with Crippen molar-refractivity contribution in [3.05, 3.63) is 33.1 Å². The third kappa shape index (κ3) is 2.66. The summed E-state index contributed by atoms with van der Waals surface area (Å²) in [5, 5.41) is 4.27. The minimum absolute atomic E-state index is 0.0268. The van der Waals surface area contributed by atoms with Gasteiger partial charge in [-0.15, -0.1) is 11.3 Å². The lowest BCUT2D eigenvalue weighted by Crippen LogP contribution is -2.13. The van der Waals surface area contributed by atoms with Gasteiger partial charge in [-0.25, -0.2) is 15.0 Å². The first kappa shape index (κ1) is 11.3. The summed E-state index contributed by atoms with van der Waals surface area (Å²) in [5.74, 6) is -0.130. The lowest BCUT2D eigenvalue weighted by atomic mass is 10.4. The Morgan fingerprint density at radius 1 is 1.38 bits per heavy atom. The molecule has 0 bridgehead atoms. The highest BCUT2D eigenvalue weighted by Crippen LogP contribution is 2.15. The van der Waals surface area contributed by atoms with E-state index in [9.17, 15) is 4.79 Å². The van der Waals surface area contributed by atoms with Gasteiger partial charge in [0.15, 0.2) is 0 Å². The summed E-state index contributed by atoms with van der Waals surface area (Å²) in [6, 6.07) is 1.40. The lowest BCUT2D eigenvalue weighted by molar-refractivity contribution is 0.102. The average Bonchev–Trinajstić information content (AvgIpc) is 2.68. The number of thiazole rings is 1. The second kappa shape index (κ2) is 4.73. The van der Waals surface area contributed by atoms with Crippen LogP contribution in [0.2, 0.25) is 10.4 Å². The molecule has 0 radical (unpaired) electrons. The highest BCUT2D eigenvalue weighted by molar-refractivity contribution is 7.07. The Bertz CT molecular complexity index is 497. The molecule has 0 aliphatic heterocycles. The largest absolute Gasteiger partial charge is 0.305 e. The summed E-state index contributed by atoms with van der Waals surface area (Å²) < 4.78 is 0. The number of rotatable bonds is 2. The second-order valence-electron chi connectivity index (χ2n) is 2.67. The summed E-state index contributed by atoms with van der Waals surface area (Å²) in [6.07, 6.45) is 0. The molecule has 0 atom stereocenters. The maximum Gasteiger partial charge on any atom is 0.276 e. The predicted molar refractivity (Wildman–Crippen MR) is 62.1 cm³/mol. The van der Waals surface area contributed by atoms with Crippen LogP contribution in [0.1, 0.15) is 10.5 Å². The fraction of sp³-hybridized carbons (Fsp3) is 0. The maximum absolute atomic E-state index is 11.6. The topological polar surface area (TPSA) is 67.8 Å². The van der Waals surface area contributed by atoms with E-state index in [-0.39, 0.29) is 22.2 Å². The number of hydrogen-bond donors (Lipinski definition) is 1. The zero-order valence-electron chi connectivity index (χ0n) is 7.65. The average molecular weight is 275 g/mol. The van der Waals surface area contributed by atoms with Gasteiger partial charge in [0.25, 0.3) is 5.91 Å². The smallest absolute Gasteiger partial charge is 0.276 e. The van der Waals surface area contributed by atoms with Crippen molar-refractivity contribution >= 4 is 46.3 Å². The molecule has 2 aromatic heterocycles. The normalized spacial score (nSPS) is 10.1. The van der Waals surface area contributed by atoms with Crippen molar-refractivity contribution in [1.82, 2.24) is 15.0 Å². The van der Waals surface area contributed by atoms with E-state index in [2.05, 4.69) is 20.3 Å². The van der Waals surface area contributed by atoms with Gasteiger partial charge < -0.3 is 5.32 Å². The van der Waals surface area contributed by atoms with Crippen molar-refractivity contribution in [1.29, 1.82) is 0 Å². The van der Waals surface area contributed by atoms with Crippen molar-refractivity contribution in [2.45, 2.75) is 0 Å². The first-order valence-corrected chi connectivity index (χ1v) is 5.74. The van der Waals surface area contributed by atoms with Crippen LogP contribution in [-0.2, 0) is 0 Å². The molecule has 0 saturated heterocycles. The first-order chi connectivity index (χ1) is 7.65. The van der Waals surface area contributed by atoms with Gasteiger partial charge in [-0.2, -0.15) is 0 Å². The Hall–Kier alpha value is -1.24. The van der Waals surface area contributed by atoms with Crippen LogP contribution in [0.25, 0.3) is 0 Å². The monoisotopic (exact) mass is 274 g/mol. The van der Waals surface area contributed by atoms with Gasteiger partial charge in [0, 0.05) is 11.4 Å². The number of anilines is 1. The van der Waals surface area contributed by atoms with E-state index in [0.717, 1.165) is 0 Å². The van der Waals surface area contributed by atoms with Crippen LogP contribution >= 0.6 is 34.5 Å². The van der Waals surface area contributed by atoms with E-state index in [1.807, 2.05) is 0 Å². The molecule has 0 aliphatic carbocycles. The summed E-state index contributed by atoms with van der Waals surface area (Å²) in [4.78, 5) is 22.9. The van der Waals surface area contributed by atoms with E-state index in [1.165, 1.54) is 17.4 Å². The van der Waals surface area contributed by atoms with Crippen LogP contribution in [0.3, 0.4) is 0 Å². The molecule has 1 N–H and O–H groups in total. The van der Waals surface area contributed by atoms with Gasteiger partial charge in [0.1, 0.15) is 16.7 Å². The minimum atomic E-state index is -0.368. The number of hydrogen-bond acceptors (Lipinski definition) is 5. The number of nitrogens with zero attached hydrogens (tertiary/aromatic N) is 3. The third-order valence-electron chi connectivity index (χ3n) is 1.57. The molecule has 0 aliphatic rings. The highest BCUT2D eigenvalue weighted by atomic mass is 35.5. The molecule has 0 unspecified atom stereocenters. The Morgan fingerprint density at radius 3 is 2.81 bits per heavy atom. The van der Waals surface area contributed by atoms with Gasteiger partial charge in [-0.05, 0) is 11.6 Å². The molecule has 82 valence electrons. The second-order valence-corrected chi connectivity index (χ2v) is 4.12. The molecule has 8 heteroatoms. The zero-order valence-corrected chi connectivity index (χ0v) is 9.97. The van der Waals surface area contributed by atoms with Gasteiger partial charge in [0.05, 0.1) is 5.51 Å². The molecule has 0 spiro atoms. The predicted octanol–water partition coefficient (Wildman–Crippen LogP) is 2.49. The first-order valence-electron chi connectivity index (χ1n) is 4.05. The Kier molecular flexibility index (Phi) is 3.33. The van der Waals surface area contributed by atoms with Gasteiger partial charge in [-0.3, -0.25) is 4.79 Å². The number of amides is 1. The molecule has 0 fully saturated rings. The van der Waals surface area contributed by atoms with Crippen LogP contribution in [0.5, 0.6) is 0 Å². The Balaban J connectivity index is 2.18. The van der Waals surface area contributed by atoms with Gasteiger partial charge >= 0.3 is 0 Å². The molecular formula is C8H4Cl2N4OS. The van der Waals surface area contributed by atoms with Crippen LogP contribution in [0.15, 0.2) is 17.0 Å². The Labute approximate surface area is 104 Å². The zero-order chi connectivity index (χ0) is 11.5. The number of carbonyl (C=O) groups excluding carboxylic acids is 1. The van der Waals surface area contributed by atoms with E-state index >= 15 is 0 Å².